The highest BCUT2D eigenvalue weighted by Gasteiger charge is 2.46. The van der Waals surface area contributed by atoms with Gasteiger partial charge in [0.05, 0.1) is 0 Å². The molecule has 4 rings (SSSR count). The van der Waals surface area contributed by atoms with E-state index in [2.05, 4.69) is 10.2 Å². The Morgan fingerprint density at radius 2 is 1.45 bits per heavy atom. The van der Waals surface area contributed by atoms with E-state index in [1.165, 1.54) is 0 Å². The van der Waals surface area contributed by atoms with E-state index < -0.39 is 17.2 Å². The maximum atomic E-state index is 11.9. The van der Waals surface area contributed by atoms with Crippen LogP contribution in [0.25, 0.3) is 0 Å². The van der Waals surface area contributed by atoms with Crippen LogP contribution in [-0.4, -0.2) is 28.1 Å². The monoisotopic (exact) mass is 447 g/mol. The highest BCUT2D eigenvalue weighted by atomic mass is 16.4. The number of aryl methyl sites for hydroxylation is 2. The zero-order valence-electron chi connectivity index (χ0n) is 19.1. The fourth-order valence-corrected chi connectivity index (χ4v) is 4.82. The van der Waals surface area contributed by atoms with Crippen molar-refractivity contribution in [2.75, 3.05) is 0 Å². The predicted molar refractivity (Wildman–Crippen MR) is 124 cm³/mol. The molecule has 0 unspecified atom stereocenters. The molecule has 33 heavy (non-hydrogen) atoms. The molecule has 3 aromatic rings. The molecular formula is C25H29N5O3. The molecule has 1 atom stereocenters. The molecule has 1 aromatic heterocycles. The lowest BCUT2D eigenvalue weighted by Gasteiger charge is -2.35. The zero-order chi connectivity index (χ0) is 23.9. The molecule has 1 aliphatic carbocycles. The van der Waals surface area contributed by atoms with E-state index in [0.29, 0.717) is 42.2 Å². The van der Waals surface area contributed by atoms with Gasteiger partial charge in [-0.1, -0.05) is 26.0 Å². The summed E-state index contributed by atoms with van der Waals surface area (Å²) < 4.78 is 6.25. The van der Waals surface area contributed by atoms with Gasteiger partial charge in [0.2, 0.25) is 23.6 Å². The van der Waals surface area contributed by atoms with Crippen LogP contribution in [-0.2, 0) is 18.3 Å². The predicted octanol–water partition coefficient (Wildman–Crippen LogP) is 2.56. The standard InChI is InChI=1S/C25H29N5O3/c1-13(2)23-29-30-24(33-23)25(12-14(3)26)19-8-6-17(21(27)31)10-15(19)4-5-16-11-18(22(28)32)7-9-20(16)25/h6-11,13-14H,4-5,12,26H2,1-3H3,(H2,27,31)(H2,28,32)/t14-/m1/s1. The van der Waals surface area contributed by atoms with Crippen molar-refractivity contribution < 1.29 is 14.0 Å². The maximum Gasteiger partial charge on any atom is 0.248 e. The second-order valence-corrected chi connectivity index (χ2v) is 9.16. The Hall–Kier alpha value is -3.52. The Morgan fingerprint density at radius 3 is 1.85 bits per heavy atom. The van der Waals surface area contributed by atoms with E-state index in [4.69, 9.17) is 21.6 Å². The van der Waals surface area contributed by atoms with E-state index in [9.17, 15) is 9.59 Å². The number of benzene rings is 2. The first-order valence-corrected chi connectivity index (χ1v) is 11.1. The largest absolute Gasteiger partial charge is 0.424 e. The van der Waals surface area contributed by atoms with Gasteiger partial charge < -0.3 is 21.6 Å². The highest BCUT2D eigenvalue weighted by molar-refractivity contribution is 5.94. The number of nitrogens with two attached hydrogens (primary N) is 3. The molecule has 0 radical (unpaired) electrons. The van der Waals surface area contributed by atoms with Crippen molar-refractivity contribution in [1.82, 2.24) is 10.2 Å². The smallest absolute Gasteiger partial charge is 0.248 e. The van der Waals surface area contributed by atoms with Crippen LogP contribution >= 0.6 is 0 Å². The Labute approximate surface area is 192 Å². The van der Waals surface area contributed by atoms with Crippen molar-refractivity contribution in [3.63, 3.8) is 0 Å². The number of carbonyl (C=O) groups excluding carboxylic acids is 2. The molecule has 8 nitrogen and oxygen atoms in total. The van der Waals surface area contributed by atoms with Crippen LogP contribution in [0.5, 0.6) is 0 Å². The molecule has 0 saturated carbocycles. The summed E-state index contributed by atoms with van der Waals surface area (Å²) >= 11 is 0. The van der Waals surface area contributed by atoms with Crippen LogP contribution in [0.1, 0.15) is 87.9 Å². The van der Waals surface area contributed by atoms with Gasteiger partial charge in [-0.25, -0.2) is 0 Å². The number of nitrogens with zero attached hydrogens (tertiary/aromatic N) is 2. The SMILES string of the molecule is CC(C)c1nnc(C2(C[C@@H](C)N)c3ccc(C(N)=O)cc3CCc3cc(C(N)=O)ccc32)o1. The van der Waals surface area contributed by atoms with Crippen molar-refractivity contribution >= 4 is 11.8 Å². The van der Waals surface area contributed by atoms with Gasteiger partial charge in [-0.15, -0.1) is 10.2 Å². The van der Waals surface area contributed by atoms with Gasteiger partial charge in [-0.05, 0) is 72.7 Å². The molecule has 172 valence electrons. The first-order chi connectivity index (χ1) is 15.6. The summed E-state index contributed by atoms with van der Waals surface area (Å²) in [6.07, 6.45) is 1.76. The summed E-state index contributed by atoms with van der Waals surface area (Å²) in [6.45, 7) is 5.91. The molecule has 2 aromatic carbocycles. The first-order valence-electron chi connectivity index (χ1n) is 11.1. The van der Waals surface area contributed by atoms with E-state index >= 15 is 0 Å². The van der Waals surface area contributed by atoms with Crippen molar-refractivity contribution in [2.45, 2.75) is 57.4 Å². The number of fused-ring (bicyclic) bond motifs is 2. The van der Waals surface area contributed by atoms with Gasteiger partial charge >= 0.3 is 0 Å². The summed E-state index contributed by atoms with van der Waals surface area (Å²) in [5.74, 6) is 0.0368. The Balaban J connectivity index is 2.08. The van der Waals surface area contributed by atoms with E-state index in [1.807, 2.05) is 45.0 Å². The summed E-state index contributed by atoms with van der Waals surface area (Å²) in [5, 5.41) is 8.79. The summed E-state index contributed by atoms with van der Waals surface area (Å²) in [4.78, 5) is 23.8. The summed E-state index contributed by atoms with van der Waals surface area (Å²) in [6, 6.07) is 10.7. The molecule has 0 spiro atoms. The average molecular weight is 448 g/mol. The lowest BCUT2D eigenvalue weighted by atomic mass is 9.68. The molecule has 0 fully saturated rings. The molecule has 0 saturated heterocycles. The quantitative estimate of drug-likeness (QED) is 0.528. The molecule has 2 amide bonds. The molecule has 0 aliphatic heterocycles. The maximum absolute atomic E-state index is 11.9. The molecule has 8 heteroatoms. The van der Waals surface area contributed by atoms with Crippen molar-refractivity contribution in [1.29, 1.82) is 0 Å². The molecule has 1 heterocycles. The Kier molecular flexibility index (Phi) is 5.80. The lowest BCUT2D eigenvalue weighted by Crippen LogP contribution is -2.37. The van der Waals surface area contributed by atoms with Crippen LogP contribution in [0, 0.1) is 0 Å². The van der Waals surface area contributed by atoms with Crippen LogP contribution < -0.4 is 17.2 Å². The van der Waals surface area contributed by atoms with Gasteiger partial charge in [0.1, 0.15) is 5.41 Å². The number of aromatic nitrogens is 2. The molecule has 0 bridgehead atoms. The second kappa shape index (κ2) is 8.44. The number of primary amides is 2. The molecular weight excluding hydrogens is 418 g/mol. The Morgan fingerprint density at radius 1 is 0.939 bits per heavy atom. The number of rotatable bonds is 6. The van der Waals surface area contributed by atoms with E-state index in [0.717, 1.165) is 22.3 Å². The van der Waals surface area contributed by atoms with Gasteiger partial charge in [-0.3, -0.25) is 9.59 Å². The number of hydrogen-bond acceptors (Lipinski definition) is 6. The van der Waals surface area contributed by atoms with Gasteiger partial charge in [0, 0.05) is 23.1 Å². The fourth-order valence-electron chi connectivity index (χ4n) is 4.82. The average Bonchev–Trinajstić information content (AvgIpc) is 3.22. The first kappa shape index (κ1) is 22.7. The van der Waals surface area contributed by atoms with Gasteiger partial charge in [0.25, 0.3) is 0 Å². The topological polar surface area (TPSA) is 151 Å². The summed E-state index contributed by atoms with van der Waals surface area (Å²) in [7, 11) is 0. The van der Waals surface area contributed by atoms with E-state index in [1.54, 1.807) is 12.1 Å². The second-order valence-electron chi connectivity index (χ2n) is 9.16. The third-order valence-electron chi connectivity index (χ3n) is 6.29. The van der Waals surface area contributed by atoms with E-state index in [-0.39, 0.29) is 12.0 Å². The minimum Gasteiger partial charge on any atom is -0.424 e. The van der Waals surface area contributed by atoms with Crippen LogP contribution in [0.4, 0.5) is 0 Å². The van der Waals surface area contributed by atoms with Crippen molar-refractivity contribution in [2.24, 2.45) is 17.2 Å². The highest BCUT2D eigenvalue weighted by Crippen LogP contribution is 2.47. The van der Waals surface area contributed by atoms with Crippen molar-refractivity contribution in [3.8, 4) is 0 Å². The summed E-state index contributed by atoms with van der Waals surface area (Å²) in [5.41, 5.74) is 21.3. The number of amides is 2. The van der Waals surface area contributed by atoms with Crippen LogP contribution in [0.15, 0.2) is 40.8 Å². The lowest BCUT2D eigenvalue weighted by molar-refractivity contribution is 0.0991. The molecule has 6 N–H and O–H groups in total. The van der Waals surface area contributed by atoms with Gasteiger partial charge in [-0.2, -0.15) is 0 Å². The van der Waals surface area contributed by atoms with Crippen molar-refractivity contribution in [3.05, 3.63) is 81.6 Å². The number of carbonyl (C=O) groups is 2. The fraction of sp³-hybridized carbons (Fsp3) is 0.360. The third kappa shape index (κ3) is 3.91. The third-order valence-corrected chi connectivity index (χ3v) is 6.29. The zero-order valence-corrected chi connectivity index (χ0v) is 19.1. The van der Waals surface area contributed by atoms with Crippen LogP contribution in [0.2, 0.25) is 0 Å². The van der Waals surface area contributed by atoms with Gasteiger partial charge in [0.15, 0.2) is 0 Å². The van der Waals surface area contributed by atoms with Crippen LogP contribution in [0.3, 0.4) is 0 Å². The normalized spacial score (nSPS) is 15.4. The minimum atomic E-state index is -0.859. The number of hydrogen-bond donors (Lipinski definition) is 3. The molecule has 1 aliphatic rings. The Bertz CT molecular complexity index is 1160. The minimum absolute atomic E-state index is 0.0535.